The lowest BCUT2D eigenvalue weighted by molar-refractivity contribution is 0.00578. The summed E-state index contributed by atoms with van der Waals surface area (Å²) in [5, 5.41) is 1.41. The summed E-state index contributed by atoms with van der Waals surface area (Å²) >= 11 is 3.62. The maximum atomic E-state index is 6.15. The SMILES string of the molecule is CC1(C)OB(c2cc(Br)cc([Si](C)(C)C)c2)OC1(C)C. The average Bonchev–Trinajstić information content (AvgIpc) is 2.46. The molecule has 2 nitrogen and oxygen atoms in total. The van der Waals surface area contributed by atoms with Gasteiger partial charge in [-0.3, -0.25) is 0 Å². The molecule has 1 saturated heterocycles. The molecule has 1 fully saturated rings. The fourth-order valence-electron chi connectivity index (χ4n) is 2.16. The molecule has 5 heteroatoms. The zero-order chi connectivity index (χ0) is 15.3. The van der Waals surface area contributed by atoms with Gasteiger partial charge in [0.15, 0.2) is 0 Å². The van der Waals surface area contributed by atoms with Crippen molar-refractivity contribution in [3.63, 3.8) is 0 Å². The Morgan fingerprint density at radius 2 is 1.45 bits per heavy atom. The largest absolute Gasteiger partial charge is 0.494 e. The molecule has 1 aromatic rings. The Bertz CT molecular complexity index is 507. The first-order valence-electron chi connectivity index (χ1n) is 7.09. The van der Waals surface area contributed by atoms with E-state index < -0.39 is 8.07 Å². The molecule has 0 atom stereocenters. The molecule has 1 heterocycles. The van der Waals surface area contributed by atoms with Crippen molar-refractivity contribution < 1.29 is 9.31 Å². The number of benzene rings is 1. The third kappa shape index (κ3) is 3.06. The van der Waals surface area contributed by atoms with Gasteiger partial charge in [-0.05, 0) is 45.3 Å². The van der Waals surface area contributed by atoms with E-state index in [2.05, 4.69) is 81.5 Å². The highest BCUT2D eigenvalue weighted by Gasteiger charge is 2.51. The third-order valence-corrected chi connectivity index (χ3v) is 6.79. The molecule has 110 valence electrons. The van der Waals surface area contributed by atoms with E-state index in [1.807, 2.05) is 0 Å². The van der Waals surface area contributed by atoms with Gasteiger partial charge in [0.2, 0.25) is 0 Å². The molecule has 2 rings (SSSR count). The second-order valence-electron chi connectivity index (χ2n) is 7.61. The van der Waals surface area contributed by atoms with Crippen LogP contribution >= 0.6 is 15.9 Å². The molecular formula is C15H24BBrO2Si. The molecule has 0 unspecified atom stereocenters. The fraction of sp³-hybridized carbons (Fsp3) is 0.600. The van der Waals surface area contributed by atoms with Crippen molar-refractivity contribution in [1.82, 2.24) is 0 Å². The number of hydrogen-bond acceptors (Lipinski definition) is 2. The van der Waals surface area contributed by atoms with Gasteiger partial charge in [-0.2, -0.15) is 0 Å². The smallest absolute Gasteiger partial charge is 0.399 e. The summed E-state index contributed by atoms with van der Waals surface area (Å²) in [5.41, 5.74) is 0.522. The minimum atomic E-state index is -1.36. The first-order chi connectivity index (χ1) is 8.92. The van der Waals surface area contributed by atoms with Gasteiger partial charge in [0.05, 0.1) is 19.3 Å². The summed E-state index contributed by atoms with van der Waals surface area (Å²) in [6.45, 7) is 15.4. The summed E-state index contributed by atoms with van der Waals surface area (Å²) in [5.74, 6) is 0. The second kappa shape index (κ2) is 4.97. The minimum Gasteiger partial charge on any atom is -0.399 e. The van der Waals surface area contributed by atoms with E-state index in [-0.39, 0.29) is 18.3 Å². The molecule has 1 aromatic carbocycles. The van der Waals surface area contributed by atoms with Crippen molar-refractivity contribution in [2.45, 2.75) is 58.5 Å². The van der Waals surface area contributed by atoms with Crippen LogP contribution in [-0.4, -0.2) is 26.4 Å². The van der Waals surface area contributed by atoms with Crippen LogP contribution in [0.5, 0.6) is 0 Å². The molecule has 0 aliphatic carbocycles. The first kappa shape index (κ1) is 16.3. The summed E-state index contributed by atoms with van der Waals surface area (Å²) in [6, 6.07) is 6.58. The van der Waals surface area contributed by atoms with Crippen molar-refractivity contribution in [2.24, 2.45) is 0 Å². The lowest BCUT2D eigenvalue weighted by atomic mass is 9.79. The maximum Gasteiger partial charge on any atom is 0.494 e. The lowest BCUT2D eigenvalue weighted by Crippen LogP contribution is -2.43. The molecule has 0 amide bonds. The van der Waals surface area contributed by atoms with Crippen LogP contribution in [0.3, 0.4) is 0 Å². The van der Waals surface area contributed by atoms with E-state index in [0.717, 1.165) is 9.94 Å². The van der Waals surface area contributed by atoms with Crippen LogP contribution in [-0.2, 0) is 9.31 Å². The van der Waals surface area contributed by atoms with E-state index >= 15 is 0 Å². The van der Waals surface area contributed by atoms with Gasteiger partial charge < -0.3 is 9.31 Å². The molecule has 0 N–H and O–H groups in total. The minimum absolute atomic E-state index is 0.285. The highest BCUT2D eigenvalue weighted by Crippen LogP contribution is 2.36. The first-order valence-corrected chi connectivity index (χ1v) is 11.4. The van der Waals surface area contributed by atoms with Crippen LogP contribution in [0.2, 0.25) is 19.6 Å². The molecule has 0 radical (unpaired) electrons. The van der Waals surface area contributed by atoms with Crippen molar-refractivity contribution in [3.05, 3.63) is 22.7 Å². The monoisotopic (exact) mass is 354 g/mol. The highest BCUT2D eigenvalue weighted by molar-refractivity contribution is 9.10. The van der Waals surface area contributed by atoms with E-state index in [0.29, 0.717) is 0 Å². The normalized spacial score (nSPS) is 21.3. The van der Waals surface area contributed by atoms with Gasteiger partial charge >= 0.3 is 7.12 Å². The van der Waals surface area contributed by atoms with Gasteiger partial charge in [-0.25, -0.2) is 0 Å². The summed E-state index contributed by atoms with van der Waals surface area (Å²) in [4.78, 5) is 0. The molecular weight excluding hydrogens is 331 g/mol. The van der Waals surface area contributed by atoms with Gasteiger partial charge in [-0.1, -0.05) is 46.8 Å². The molecule has 0 saturated carbocycles. The van der Waals surface area contributed by atoms with Crippen LogP contribution in [0.4, 0.5) is 0 Å². The highest BCUT2D eigenvalue weighted by atomic mass is 79.9. The van der Waals surface area contributed by atoms with Crippen molar-refractivity contribution >= 4 is 41.8 Å². The Morgan fingerprint density at radius 3 is 1.90 bits per heavy atom. The maximum absolute atomic E-state index is 6.15. The van der Waals surface area contributed by atoms with E-state index in [9.17, 15) is 0 Å². The van der Waals surface area contributed by atoms with Crippen LogP contribution < -0.4 is 10.6 Å². The number of rotatable bonds is 2. The van der Waals surface area contributed by atoms with Crippen LogP contribution in [0.25, 0.3) is 0 Å². The van der Waals surface area contributed by atoms with Crippen molar-refractivity contribution in [3.8, 4) is 0 Å². The van der Waals surface area contributed by atoms with E-state index in [1.54, 1.807) is 0 Å². The summed E-state index contributed by atoms with van der Waals surface area (Å²) in [6.07, 6.45) is 0. The Morgan fingerprint density at radius 1 is 0.950 bits per heavy atom. The Kier molecular flexibility index (Phi) is 4.05. The second-order valence-corrected chi connectivity index (χ2v) is 13.6. The van der Waals surface area contributed by atoms with Crippen LogP contribution in [0.1, 0.15) is 27.7 Å². The molecule has 1 aliphatic rings. The quantitative estimate of drug-likeness (QED) is 0.758. The average molecular weight is 355 g/mol. The predicted octanol–water partition coefficient (Wildman–Crippen LogP) is 3.29. The van der Waals surface area contributed by atoms with Crippen LogP contribution in [0.15, 0.2) is 22.7 Å². The van der Waals surface area contributed by atoms with Crippen LogP contribution in [0, 0.1) is 0 Å². The molecule has 0 spiro atoms. The molecule has 0 aromatic heterocycles. The Hall–Kier alpha value is -0.0982. The fourth-order valence-corrected chi connectivity index (χ4v) is 4.07. The Labute approximate surface area is 132 Å². The van der Waals surface area contributed by atoms with E-state index in [1.165, 1.54) is 5.19 Å². The standard InChI is InChI=1S/C15H24BBrO2Si/c1-14(2)15(3,4)19-16(18-14)11-8-12(17)10-13(9-11)20(5,6)7/h8-10H,1-7H3. The predicted molar refractivity (Wildman–Crippen MR) is 92.8 cm³/mol. The molecule has 0 bridgehead atoms. The van der Waals surface area contributed by atoms with Gasteiger partial charge in [0.25, 0.3) is 0 Å². The number of hydrogen-bond donors (Lipinski definition) is 0. The number of halogens is 1. The molecule has 1 aliphatic heterocycles. The van der Waals surface area contributed by atoms with E-state index in [4.69, 9.17) is 9.31 Å². The van der Waals surface area contributed by atoms with Gasteiger partial charge in [0.1, 0.15) is 0 Å². The topological polar surface area (TPSA) is 18.5 Å². The zero-order valence-corrected chi connectivity index (χ0v) is 16.1. The Balaban J connectivity index is 2.38. The molecule has 20 heavy (non-hydrogen) atoms. The van der Waals surface area contributed by atoms with Gasteiger partial charge in [-0.15, -0.1) is 0 Å². The lowest BCUT2D eigenvalue weighted by Gasteiger charge is -2.32. The summed E-state index contributed by atoms with van der Waals surface area (Å²) < 4.78 is 13.4. The van der Waals surface area contributed by atoms with Gasteiger partial charge in [0, 0.05) is 4.47 Å². The summed E-state index contributed by atoms with van der Waals surface area (Å²) in [7, 11) is -1.64. The zero-order valence-electron chi connectivity index (χ0n) is 13.5. The third-order valence-electron chi connectivity index (χ3n) is 4.31. The van der Waals surface area contributed by atoms with Crippen molar-refractivity contribution in [1.29, 1.82) is 0 Å². The van der Waals surface area contributed by atoms with Crippen molar-refractivity contribution in [2.75, 3.05) is 0 Å².